The second-order valence-corrected chi connectivity index (χ2v) is 3.52. The molecule has 0 aromatic heterocycles. The predicted molar refractivity (Wildman–Crippen MR) is 53.4 cm³/mol. The fourth-order valence-corrected chi connectivity index (χ4v) is 1.33. The Morgan fingerprint density at radius 3 is 2.87 bits per heavy atom. The lowest BCUT2D eigenvalue weighted by atomic mass is 10.2. The molecule has 0 aliphatic carbocycles. The van der Waals surface area contributed by atoms with Crippen LogP contribution in [0.25, 0.3) is 0 Å². The smallest absolute Gasteiger partial charge is 0.430 e. The molecule has 1 unspecified atom stereocenters. The number of ether oxygens (including phenoxy) is 2. The van der Waals surface area contributed by atoms with Gasteiger partial charge in [-0.05, 0) is 6.42 Å². The van der Waals surface area contributed by atoms with Crippen LogP contribution in [-0.4, -0.2) is 31.3 Å². The summed E-state index contributed by atoms with van der Waals surface area (Å²) < 4.78 is 9.14. The van der Waals surface area contributed by atoms with Crippen LogP contribution in [0.2, 0.25) is 0 Å². The van der Waals surface area contributed by atoms with Gasteiger partial charge in [0.25, 0.3) is 5.91 Å². The number of nitrogens with one attached hydrogen (secondary N) is 1. The fraction of sp³-hybridized carbons (Fsp3) is 0.800. The summed E-state index contributed by atoms with van der Waals surface area (Å²) in [5.41, 5.74) is 0. The first-order valence-electron chi connectivity index (χ1n) is 5.35. The molecule has 1 fully saturated rings. The van der Waals surface area contributed by atoms with Gasteiger partial charge in [0.2, 0.25) is 6.10 Å². The topological polar surface area (TPSA) is 64.6 Å². The lowest BCUT2D eigenvalue weighted by Crippen LogP contribution is -2.36. The Kier molecular flexibility index (Phi) is 4.93. The monoisotopic (exact) mass is 215 g/mol. The van der Waals surface area contributed by atoms with Gasteiger partial charge >= 0.3 is 6.16 Å². The highest BCUT2D eigenvalue weighted by Gasteiger charge is 2.31. The largest absolute Gasteiger partial charge is 0.509 e. The lowest BCUT2D eigenvalue weighted by molar-refractivity contribution is -0.127. The summed E-state index contributed by atoms with van der Waals surface area (Å²) in [5.74, 6) is -0.266. The van der Waals surface area contributed by atoms with Gasteiger partial charge in [0, 0.05) is 6.54 Å². The Bertz CT molecular complexity index is 229. The summed E-state index contributed by atoms with van der Waals surface area (Å²) >= 11 is 0. The summed E-state index contributed by atoms with van der Waals surface area (Å²) in [6, 6.07) is 0. The van der Waals surface area contributed by atoms with Crippen LogP contribution in [0.15, 0.2) is 0 Å². The van der Waals surface area contributed by atoms with Crippen LogP contribution in [0.4, 0.5) is 4.79 Å². The van der Waals surface area contributed by atoms with E-state index < -0.39 is 12.3 Å². The minimum absolute atomic E-state index is 0.0274. The molecule has 0 bridgehead atoms. The molecule has 1 amide bonds. The third-order valence-corrected chi connectivity index (χ3v) is 2.21. The number of cyclic esters (lactones) is 2. The van der Waals surface area contributed by atoms with Crippen molar-refractivity contribution in [2.75, 3.05) is 13.2 Å². The molecule has 1 aliphatic heterocycles. The summed E-state index contributed by atoms with van der Waals surface area (Å²) in [6.45, 7) is 2.79. The van der Waals surface area contributed by atoms with Gasteiger partial charge in [-0.25, -0.2) is 4.79 Å². The van der Waals surface area contributed by atoms with E-state index in [1.807, 2.05) is 0 Å². The Balaban J connectivity index is 2.06. The molecule has 0 saturated carbocycles. The minimum atomic E-state index is -0.763. The van der Waals surface area contributed by atoms with Crippen molar-refractivity contribution in [2.45, 2.75) is 38.7 Å². The Morgan fingerprint density at radius 1 is 1.47 bits per heavy atom. The highest BCUT2D eigenvalue weighted by Crippen LogP contribution is 2.06. The Morgan fingerprint density at radius 2 is 2.27 bits per heavy atom. The first-order valence-corrected chi connectivity index (χ1v) is 5.35. The second kappa shape index (κ2) is 6.27. The van der Waals surface area contributed by atoms with Crippen molar-refractivity contribution in [1.29, 1.82) is 0 Å². The van der Waals surface area contributed by atoms with E-state index in [1.165, 1.54) is 12.8 Å². The maximum atomic E-state index is 11.4. The SMILES string of the molecule is CCCCCCNC(=O)C1COC(=O)O1. The third kappa shape index (κ3) is 4.18. The number of carbonyl (C=O) groups is 2. The van der Waals surface area contributed by atoms with Gasteiger partial charge < -0.3 is 14.8 Å². The summed E-state index contributed by atoms with van der Waals surface area (Å²) in [6.07, 6.45) is 2.89. The molecular weight excluding hydrogens is 198 g/mol. The van der Waals surface area contributed by atoms with Gasteiger partial charge in [-0.15, -0.1) is 0 Å². The molecule has 0 spiro atoms. The van der Waals surface area contributed by atoms with E-state index in [2.05, 4.69) is 21.7 Å². The zero-order valence-corrected chi connectivity index (χ0v) is 8.95. The number of hydrogen-bond acceptors (Lipinski definition) is 4. The molecule has 1 N–H and O–H groups in total. The maximum Gasteiger partial charge on any atom is 0.509 e. The van der Waals surface area contributed by atoms with Crippen molar-refractivity contribution < 1.29 is 19.1 Å². The average molecular weight is 215 g/mol. The molecule has 1 aliphatic rings. The quantitative estimate of drug-likeness (QED) is 0.534. The van der Waals surface area contributed by atoms with Gasteiger partial charge in [-0.3, -0.25) is 4.79 Å². The average Bonchev–Trinajstić information content (AvgIpc) is 2.64. The maximum absolute atomic E-state index is 11.4. The van der Waals surface area contributed by atoms with Crippen molar-refractivity contribution in [3.63, 3.8) is 0 Å². The van der Waals surface area contributed by atoms with E-state index in [1.54, 1.807) is 0 Å². The Labute approximate surface area is 89.1 Å². The normalized spacial score (nSPS) is 19.5. The molecule has 1 rings (SSSR count). The first-order chi connectivity index (χ1) is 7.24. The fourth-order valence-electron chi connectivity index (χ4n) is 1.33. The van der Waals surface area contributed by atoms with Crippen molar-refractivity contribution in [1.82, 2.24) is 5.32 Å². The summed E-state index contributed by atoms with van der Waals surface area (Å²) in [5, 5.41) is 2.71. The number of rotatable bonds is 6. The molecule has 5 heteroatoms. The second-order valence-electron chi connectivity index (χ2n) is 3.52. The van der Waals surface area contributed by atoms with Crippen LogP contribution < -0.4 is 5.32 Å². The van der Waals surface area contributed by atoms with Gasteiger partial charge in [-0.1, -0.05) is 26.2 Å². The summed E-state index contributed by atoms with van der Waals surface area (Å²) in [4.78, 5) is 21.9. The van der Waals surface area contributed by atoms with E-state index in [9.17, 15) is 9.59 Å². The van der Waals surface area contributed by atoms with Crippen molar-refractivity contribution in [3.8, 4) is 0 Å². The van der Waals surface area contributed by atoms with Crippen LogP contribution in [0.1, 0.15) is 32.6 Å². The Hall–Kier alpha value is -1.26. The molecule has 86 valence electrons. The molecule has 5 nitrogen and oxygen atoms in total. The molecular formula is C10H17NO4. The molecule has 0 aromatic carbocycles. The molecule has 0 radical (unpaired) electrons. The predicted octanol–water partition coefficient (Wildman–Crippen LogP) is 1.22. The number of unbranched alkanes of at least 4 members (excludes halogenated alkanes) is 3. The van der Waals surface area contributed by atoms with E-state index in [-0.39, 0.29) is 12.5 Å². The molecule has 1 heterocycles. The molecule has 1 saturated heterocycles. The van der Waals surface area contributed by atoms with Gasteiger partial charge in [0.05, 0.1) is 0 Å². The van der Waals surface area contributed by atoms with Crippen LogP contribution in [-0.2, 0) is 14.3 Å². The first kappa shape index (κ1) is 11.8. The molecule has 0 aromatic rings. The van der Waals surface area contributed by atoms with Crippen LogP contribution in [0.3, 0.4) is 0 Å². The molecule has 15 heavy (non-hydrogen) atoms. The van der Waals surface area contributed by atoms with Gasteiger partial charge in [-0.2, -0.15) is 0 Å². The minimum Gasteiger partial charge on any atom is -0.430 e. The van der Waals surface area contributed by atoms with Gasteiger partial charge in [0.15, 0.2) is 0 Å². The zero-order chi connectivity index (χ0) is 11.1. The third-order valence-electron chi connectivity index (χ3n) is 2.21. The number of amides is 1. The van der Waals surface area contributed by atoms with Gasteiger partial charge in [0.1, 0.15) is 6.61 Å². The van der Waals surface area contributed by atoms with E-state index in [0.717, 1.165) is 12.8 Å². The van der Waals surface area contributed by atoms with E-state index >= 15 is 0 Å². The van der Waals surface area contributed by atoms with E-state index in [4.69, 9.17) is 0 Å². The zero-order valence-electron chi connectivity index (χ0n) is 8.95. The highest BCUT2D eigenvalue weighted by atomic mass is 16.8. The number of hydrogen-bond donors (Lipinski definition) is 1. The number of carbonyl (C=O) groups excluding carboxylic acids is 2. The van der Waals surface area contributed by atoms with Crippen LogP contribution in [0.5, 0.6) is 0 Å². The van der Waals surface area contributed by atoms with E-state index in [0.29, 0.717) is 6.54 Å². The lowest BCUT2D eigenvalue weighted by Gasteiger charge is -2.07. The van der Waals surface area contributed by atoms with Crippen molar-refractivity contribution in [2.24, 2.45) is 0 Å². The molecule has 1 atom stereocenters. The van der Waals surface area contributed by atoms with Crippen LogP contribution in [0, 0.1) is 0 Å². The van der Waals surface area contributed by atoms with Crippen molar-refractivity contribution >= 4 is 12.1 Å². The standard InChI is InChI=1S/C10H17NO4/c1-2-3-4-5-6-11-9(12)8-7-14-10(13)15-8/h8H,2-7H2,1H3,(H,11,12). The van der Waals surface area contributed by atoms with Crippen molar-refractivity contribution in [3.05, 3.63) is 0 Å². The van der Waals surface area contributed by atoms with Crippen LogP contribution >= 0.6 is 0 Å². The highest BCUT2D eigenvalue weighted by molar-refractivity contribution is 5.84. The summed E-state index contributed by atoms with van der Waals surface area (Å²) in [7, 11) is 0.